The van der Waals surface area contributed by atoms with Gasteiger partial charge in [-0.25, -0.2) is 9.97 Å². The maximum absolute atomic E-state index is 13.3. The average molecular weight is 457 g/mol. The van der Waals surface area contributed by atoms with Crippen molar-refractivity contribution < 1.29 is 4.79 Å². The third-order valence-electron chi connectivity index (χ3n) is 9.60. The third-order valence-corrected chi connectivity index (χ3v) is 9.77. The van der Waals surface area contributed by atoms with E-state index in [1.165, 1.54) is 63.4 Å². The maximum Gasteiger partial charge on any atom is 0.224 e. The number of nitrogens with zero attached hydrogens (tertiary/aromatic N) is 3. The first-order chi connectivity index (χ1) is 15.7. The number of amides is 1. The first-order valence-electron chi connectivity index (χ1n) is 13.3. The molecule has 5 nitrogen and oxygen atoms in total. The fourth-order valence-electron chi connectivity index (χ4n) is 8.02. The van der Waals surface area contributed by atoms with Crippen LogP contribution in [0.5, 0.6) is 0 Å². The number of hydrogen-bond acceptors (Lipinski definition) is 4. The first kappa shape index (κ1) is 21.2. The van der Waals surface area contributed by atoms with Crippen molar-refractivity contribution in [3.05, 3.63) is 16.5 Å². The molecule has 0 bridgehead atoms. The van der Waals surface area contributed by atoms with Gasteiger partial charge in [-0.05, 0) is 80.2 Å². The molecule has 3 saturated carbocycles. The highest BCUT2D eigenvalue weighted by Gasteiger charge is 2.45. The van der Waals surface area contributed by atoms with Crippen molar-refractivity contribution in [2.75, 3.05) is 18.4 Å². The van der Waals surface area contributed by atoms with E-state index in [0.717, 1.165) is 62.1 Å². The van der Waals surface area contributed by atoms with Crippen molar-refractivity contribution in [3.63, 3.8) is 0 Å². The number of fused-ring (bicyclic) bond motifs is 3. The second-order valence-electron chi connectivity index (χ2n) is 11.3. The van der Waals surface area contributed by atoms with Gasteiger partial charge in [0.25, 0.3) is 0 Å². The Balaban J connectivity index is 1.10. The van der Waals surface area contributed by atoms with E-state index in [-0.39, 0.29) is 0 Å². The van der Waals surface area contributed by atoms with Gasteiger partial charge in [0, 0.05) is 37.0 Å². The summed E-state index contributed by atoms with van der Waals surface area (Å²) >= 11 is 6.22. The summed E-state index contributed by atoms with van der Waals surface area (Å²) in [6.45, 7) is 1.88. The third kappa shape index (κ3) is 3.93. The van der Waals surface area contributed by atoms with Crippen molar-refractivity contribution in [2.24, 2.45) is 29.6 Å². The molecule has 1 aromatic rings. The SMILES string of the molecule is O=C(CC1CCCC2CCCCC21)N1CC2CCC(Nc3nc(Cl)nc4c3CCC4)C2C1. The molecule has 0 aromatic carbocycles. The Kier molecular flexibility index (Phi) is 5.81. The van der Waals surface area contributed by atoms with Crippen LogP contribution in [0.2, 0.25) is 5.28 Å². The van der Waals surface area contributed by atoms with Crippen molar-refractivity contribution in [2.45, 2.75) is 89.5 Å². The van der Waals surface area contributed by atoms with E-state index in [1.807, 2.05) is 0 Å². The van der Waals surface area contributed by atoms with Crippen LogP contribution in [0.4, 0.5) is 5.82 Å². The summed E-state index contributed by atoms with van der Waals surface area (Å²) in [6.07, 6.45) is 16.0. The molecule has 1 amide bonds. The van der Waals surface area contributed by atoms with Gasteiger partial charge in [-0.15, -0.1) is 0 Å². The lowest BCUT2D eigenvalue weighted by Gasteiger charge is -2.41. The Labute approximate surface area is 197 Å². The number of carbonyl (C=O) groups is 1. The van der Waals surface area contributed by atoms with Crippen LogP contribution in [-0.2, 0) is 17.6 Å². The number of anilines is 1. The zero-order valence-corrected chi connectivity index (χ0v) is 20.0. The van der Waals surface area contributed by atoms with Gasteiger partial charge in [-0.1, -0.05) is 32.1 Å². The molecule has 4 aliphatic carbocycles. The lowest BCUT2D eigenvalue weighted by molar-refractivity contribution is -0.132. The van der Waals surface area contributed by atoms with Gasteiger partial charge >= 0.3 is 0 Å². The maximum atomic E-state index is 13.3. The van der Waals surface area contributed by atoms with Gasteiger partial charge < -0.3 is 10.2 Å². The van der Waals surface area contributed by atoms with Crippen molar-refractivity contribution >= 4 is 23.3 Å². The monoisotopic (exact) mass is 456 g/mol. The minimum Gasteiger partial charge on any atom is -0.367 e. The molecule has 174 valence electrons. The largest absolute Gasteiger partial charge is 0.367 e. The highest BCUT2D eigenvalue weighted by molar-refractivity contribution is 6.28. The average Bonchev–Trinajstić information content (AvgIpc) is 3.51. The predicted octanol–water partition coefficient (Wildman–Crippen LogP) is 5.26. The Morgan fingerprint density at radius 1 is 0.906 bits per heavy atom. The van der Waals surface area contributed by atoms with E-state index in [4.69, 9.17) is 11.6 Å². The van der Waals surface area contributed by atoms with E-state index in [9.17, 15) is 4.79 Å². The highest BCUT2D eigenvalue weighted by Crippen LogP contribution is 2.46. The van der Waals surface area contributed by atoms with E-state index >= 15 is 0 Å². The Bertz CT molecular complexity index is 874. The van der Waals surface area contributed by atoms with Crippen LogP contribution in [0.15, 0.2) is 0 Å². The van der Waals surface area contributed by atoms with Crippen LogP contribution in [-0.4, -0.2) is 39.9 Å². The molecule has 5 aliphatic rings. The smallest absolute Gasteiger partial charge is 0.224 e. The predicted molar refractivity (Wildman–Crippen MR) is 127 cm³/mol. The summed E-state index contributed by atoms with van der Waals surface area (Å²) < 4.78 is 0. The van der Waals surface area contributed by atoms with Crippen LogP contribution >= 0.6 is 11.6 Å². The summed E-state index contributed by atoms with van der Waals surface area (Å²) in [5.41, 5.74) is 2.39. The molecule has 1 aromatic heterocycles. The topological polar surface area (TPSA) is 58.1 Å². The van der Waals surface area contributed by atoms with E-state index in [0.29, 0.717) is 35.0 Å². The number of halogens is 1. The fraction of sp³-hybridized carbons (Fsp3) is 0.808. The number of hydrogen-bond donors (Lipinski definition) is 1. The lowest BCUT2D eigenvalue weighted by Crippen LogP contribution is -2.37. The fourth-order valence-corrected chi connectivity index (χ4v) is 8.21. The molecule has 0 radical (unpaired) electrons. The van der Waals surface area contributed by atoms with Crippen LogP contribution in [0.3, 0.4) is 0 Å². The molecule has 2 heterocycles. The number of likely N-dealkylation sites (tertiary alicyclic amines) is 1. The van der Waals surface area contributed by atoms with Crippen LogP contribution in [0.1, 0.15) is 81.9 Å². The summed E-state index contributed by atoms with van der Waals surface area (Å²) in [5.74, 6) is 4.93. The summed E-state index contributed by atoms with van der Waals surface area (Å²) in [6, 6.07) is 0.394. The van der Waals surface area contributed by atoms with Crippen molar-refractivity contribution in [1.29, 1.82) is 0 Å². The summed E-state index contributed by atoms with van der Waals surface area (Å²) in [4.78, 5) is 24.6. The number of rotatable bonds is 4. The molecule has 1 N–H and O–H groups in total. The zero-order valence-electron chi connectivity index (χ0n) is 19.2. The summed E-state index contributed by atoms with van der Waals surface area (Å²) in [5, 5.41) is 4.12. The van der Waals surface area contributed by atoms with Gasteiger partial charge in [0.05, 0.1) is 5.69 Å². The number of aromatic nitrogens is 2. The van der Waals surface area contributed by atoms with E-state index in [1.54, 1.807) is 0 Å². The molecular weight excluding hydrogens is 420 g/mol. The Morgan fingerprint density at radius 2 is 1.78 bits per heavy atom. The van der Waals surface area contributed by atoms with Crippen molar-refractivity contribution in [1.82, 2.24) is 14.9 Å². The molecule has 0 spiro atoms. The normalized spacial score (nSPS) is 36.0. The van der Waals surface area contributed by atoms with Crippen LogP contribution < -0.4 is 5.32 Å². The van der Waals surface area contributed by atoms with Gasteiger partial charge in [0.15, 0.2) is 0 Å². The molecule has 6 unspecified atom stereocenters. The molecule has 6 rings (SSSR count). The molecule has 6 heteroatoms. The first-order valence-corrected chi connectivity index (χ1v) is 13.6. The van der Waals surface area contributed by atoms with Crippen LogP contribution in [0.25, 0.3) is 0 Å². The van der Waals surface area contributed by atoms with Gasteiger partial charge in [-0.3, -0.25) is 4.79 Å². The van der Waals surface area contributed by atoms with Crippen molar-refractivity contribution in [3.8, 4) is 0 Å². The van der Waals surface area contributed by atoms with Gasteiger partial charge in [-0.2, -0.15) is 0 Å². The molecular formula is C26H37ClN4O. The zero-order chi connectivity index (χ0) is 21.7. The quantitative estimate of drug-likeness (QED) is 0.627. The molecule has 4 fully saturated rings. The molecule has 32 heavy (non-hydrogen) atoms. The van der Waals surface area contributed by atoms with E-state index in [2.05, 4.69) is 20.2 Å². The van der Waals surface area contributed by atoms with Crippen LogP contribution in [0, 0.1) is 29.6 Å². The molecule has 6 atom stereocenters. The second-order valence-corrected chi connectivity index (χ2v) is 11.6. The lowest BCUT2D eigenvalue weighted by atomic mass is 9.64. The molecule has 1 saturated heterocycles. The highest BCUT2D eigenvalue weighted by atomic mass is 35.5. The summed E-state index contributed by atoms with van der Waals surface area (Å²) in [7, 11) is 0. The minimum atomic E-state index is 0.361. The Morgan fingerprint density at radius 3 is 2.72 bits per heavy atom. The standard InChI is InChI=1S/C26H37ClN4O/c27-26-29-22-10-4-9-20(22)25(30-26)28-23-12-11-18-14-31(15-21(18)23)24(32)13-17-7-3-6-16-5-1-2-8-19(16)17/h16-19,21,23H,1-15H2,(H,28,29,30). The second kappa shape index (κ2) is 8.77. The minimum absolute atomic E-state index is 0.361. The van der Waals surface area contributed by atoms with E-state index < -0.39 is 0 Å². The number of carbonyl (C=O) groups excluding carboxylic acids is 1. The number of aryl methyl sites for hydroxylation is 1. The van der Waals surface area contributed by atoms with Gasteiger partial charge in [0.2, 0.25) is 11.2 Å². The van der Waals surface area contributed by atoms with Gasteiger partial charge in [0.1, 0.15) is 5.82 Å². The Hall–Kier alpha value is -1.36. The molecule has 1 aliphatic heterocycles. The number of nitrogens with one attached hydrogen (secondary N) is 1.